The monoisotopic (exact) mass is 232 g/mol. The maximum Gasteiger partial charge on any atom is 0.368 e. The van der Waals surface area contributed by atoms with Gasteiger partial charge in [-0.05, 0) is 18.2 Å². The summed E-state index contributed by atoms with van der Waals surface area (Å²) in [4.78, 5) is 10.3. The first kappa shape index (κ1) is 10.8. The first-order valence-electron chi connectivity index (χ1n) is 3.57. The van der Waals surface area contributed by atoms with Gasteiger partial charge in [-0.15, -0.1) is 0 Å². The third-order valence-corrected chi connectivity index (χ3v) is 1.77. The third-order valence-electron chi connectivity index (χ3n) is 1.28. The van der Waals surface area contributed by atoms with Crippen molar-refractivity contribution in [1.82, 2.24) is 0 Å². The van der Waals surface area contributed by atoms with Gasteiger partial charge in [-0.2, -0.15) is 5.10 Å². The highest BCUT2D eigenvalue weighted by Crippen LogP contribution is 2.14. The van der Waals surface area contributed by atoms with Crippen molar-refractivity contribution >= 4 is 40.0 Å². The largest absolute Gasteiger partial charge is 0.476 e. The zero-order valence-electron chi connectivity index (χ0n) is 6.87. The molecule has 0 atom stereocenters. The Balaban J connectivity index is 2.71. The van der Waals surface area contributed by atoms with Crippen LogP contribution in [-0.4, -0.2) is 16.2 Å². The smallest absolute Gasteiger partial charge is 0.368 e. The van der Waals surface area contributed by atoms with Crippen LogP contribution >= 0.6 is 23.2 Å². The van der Waals surface area contributed by atoms with Crippen molar-refractivity contribution in [2.24, 2.45) is 5.10 Å². The van der Waals surface area contributed by atoms with E-state index in [-0.39, 0.29) is 0 Å². The Morgan fingerprint density at radius 2 is 2.21 bits per heavy atom. The summed E-state index contributed by atoms with van der Waals surface area (Å²) in [6.45, 7) is 0. The fourth-order valence-corrected chi connectivity index (χ4v) is 0.952. The molecule has 4 nitrogen and oxygen atoms in total. The Morgan fingerprint density at radius 1 is 1.50 bits per heavy atom. The molecule has 0 heterocycles. The number of benzene rings is 1. The zero-order chi connectivity index (χ0) is 10.6. The summed E-state index contributed by atoms with van der Waals surface area (Å²) in [6, 6.07) is 6.67. The Bertz CT molecular complexity index is 379. The van der Waals surface area contributed by atoms with Crippen molar-refractivity contribution < 1.29 is 9.90 Å². The van der Waals surface area contributed by atoms with Crippen LogP contribution in [0.15, 0.2) is 29.4 Å². The molecule has 1 aromatic carbocycles. The van der Waals surface area contributed by atoms with Gasteiger partial charge in [0.15, 0.2) is 0 Å². The number of hydrogen-bond acceptors (Lipinski definition) is 3. The summed E-state index contributed by atoms with van der Waals surface area (Å²) in [6.07, 6.45) is 0. The van der Waals surface area contributed by atoms with E-state index in [9.17, 15) is 4.79 Å². The molecule has 1 aromatic rings. The fourth-order valence-electron chi connectivity index (χ4n) is 0.719. The van der Waals surface area contributed by atoms with Gasteiger partial charge in [-0.25, -0.2) is 4.79 Å². The summed E-state index contributed by atoms with van der Waals surface area (Å²) in [5.74, 6) is -1.29. The van der Waals surface area contributed by atoms with Crippen LogP contribution in [0.5, 0.6) is 0 Å². The Hall–Kier alpha value is -1.26. The van der Waals surface area contributed by atoms with Crippen LogP contribution < -0.4 is 5.43 Å². The van der Waals surface area contributed by atoms with Crippen molar-refractivity contribution in [2.45, 2.75) is 0 Å². The molecule has 1 rings (SSSR count). The Kier molecular flexibility index (Phi) is 3.73. The summed E-state index contributed by atoms with van der Waals surface area (Å²) in [5, 5.41) is 11.8. The molecule has 14 heavy (non-hydrogen) atoms. The molecular weight excluding hydrogens is 227 g/mol. The molecule has 0 spiro atoms. The van der Waals surface area contributed by atoms with E-state index < -0.39 is 11.1 Å². The molecule has 74 valence electrons. The number of halogens is 2. The van der Waals surface area contributed by atoms with Crippen LogP contribution in [-0.2, 0) is 4.79 Å². The topological polar surface area (TPSA) is 61.7 Å². The first-order chi connectivity index (χ1) is 6.59. The van der Waals surface area contributed by atoms with Crippen LogP contribution in [0.25, 0.3) is 0 Å². The number of hydrogen-bond donors (Lipinski definition) is 2. The minimum absolute atomic E-state index is 0.525. The van der Waals surface area contributed by atoms with Crippen LogP contribution in [0.1, 0.15) is 0 Å². The molecule has 6 heteroatoms. The predicted molar refractivity (Wildman–Crippen MR) is 56.0 cm³/mol. The normalized spacial score (nSPS) is 11.1. The van der Waals surface area contributed by atoms with E-state index in [4.69, 9.17) is 28.3 Å². The van der Waals surface area contributed by atoms with E-state index in [0.717, 1.165) is 0 Å². The summed E-state index contributed by atoms with van der Waals surface area (Å²) in [7, 11) is 0. The van der Waals surface area contributed by atoms with Crippen molar-refractivity contribution in [3.8, 4) is 0 Å². The Morgan fingerprint density at radius 3 is 2.79 bits per heavy atom. The van der Waals surface area contributed by atoms with E-state index in [1.807, 2.05) is 0 Å². The predicted octanol–water partition coefficient (Wildman–Crippen LogP) is 2.39. The molecule has 0 aliphatic carbocycles. The number of hydrazone groups is 1. The van der Waals surface area contributed by atoms with Crippen molar-refractivity contribution in [3.05, 3.63) is 29.3 Å². The van der Waals surface area contributed by atoms with E-state index in [1.54, 1.807) is 24.3 Å². The van der Waals surface area contributed by atoms with Crippen LogP contribution in [0.4, 0.5) is 5.69 Å². The lowest BCUT2D eigenvalue weighted by Gasteiger charge is -1.99. The van der Waals surface area contributed by atoms with E-state index in [0.29, 0.717) is 10.7 Å². The Labute approximate surface area is 90.1 Å². The second-order valence-electron chi connectivity index (χ2n) is 2.33. The van der Waals surface area contributed by atoms with Crippen molar-refractivity contribution in [3.63, 3.8) is 0 Å². The number of carboxylic acids is 1. The van der Waals surface area contributed by atoms with Crippen molar-refractivity contribution in [1.29, 1.82) is 0 Å². The molecule has 0 aliphatic rings. The average Bonchev–Trinajstić information content (AvgIpc) is 2.14. The molecule has 0 radical (unpaired) electrons. The van der Waals surface area contributed by atoms with Crippen LogP contribution in [0.3, 0.4) is 0 Å². The fraction of sp³-hybridized carbons (Fsp3) is 0. The molecule has 0 amide bonds. The van der Waals surface area contributed by atoms with Gasteiger partial charge in [0.1, 0.15) is 0 Å². The van der Waals surface area contributed by atoms with Gasteiger partial charge in [0, 0.05) is 5.02 Å². The minimum Gasteiger partial charge on any atom is -0.476 e. The molecule has 2 N–H and O–H groups in total. The third kappa shape index (κ3) is 3.24. The van der Waals surface area contributed by atoms with Gasteiger partial charge in [0.2, 0.25) is 5.17 Å². The average molecular weight is 233 g/mol. The highest BCUT2D eigenvalue weighted by molar-refractivity contribution is 6.81. The number of carbonyl (C=O) groups is 1. The van der Waals surface area contributed by atoms with Gasteiger partial charge in [0.25, 0.3) is 0 Å². The number of nitrogens with one attached hydrogen (secondary N) is 1. The number of anilines is 1. The first-order valence-corrected chi connectivity index (χ1v) is 4.33. The summed E-state index contributed by atoms with van der Waals surface area (Å²) < 4.78 is 0. The van der Waals surface area contributed by atoms with Crippen LogP contribution in [0.2, 0.25) is 5.02 Å². The second-order valence-corrected chi connectivity index (χ2v) is 3.12. The lowest BCUT2D eigenvalue weighted by Crippen LogP contribution is -2.07. The van der Waals surface area contributed by atoms with Gasteiger partial charge in [0.05, 0.1) is 5.69 Å². The molecule has 0 bridgehead atoms. The SMILES string of the molecule is O=C(O)/C(Cl)=N/Nc1cccc(Cl)c1. The van der Waals surface area contributed by atoms with E-state index in [2.05, 4.69) is 10.5 Å². The highest BCUT2D eigenvalue weighted by atomic mass is 35.5. The molecule has 0 fully saturated rings. The quantitative estimate of drug-likeness (QED) is 0.622. The van der Waals surface area contributed by atoms with Crippen LogP contribution in [0, 0.1) is 0 Å². The summed E-state index contributed by atoms with van der Waals surface area (Å²) in [5.41, 5.74) is 3.02. The number of carboxylic acid groups (broad SMARTS) is 1. The molecule has 0 aromatic heterocycles. The number of aliphatic carboxylic acids is 1. The molecular formula is C8H6Cl2N2O2. The molecule has 0 saturated heterocycles. The lowest BCUT2D eigenvalue weighted by molar-refractivity contribution is -0.129. The van der Waals surface area contributed by atoms with E-state index >= 15 is 0 Å². The highest BCUT2D eigenvalue weighted by Gasteiger charge is 2.03. The molecule has 0 saturated carbocycles. The van der Waals surface area contributed by atoms with E-state index in [1.165, 1.54) is 0 Å². The van der Waals surface area contributed by atoms with Gasteiger partial charge >= 0.3 is 5.97 Å². The second kappa shape index (κ2) is 4.83. The standard InChI is InChI=1S/C8H6Cl2N2O2/c9-5-2-1-3-6(4-5)11-12-7(10)8(13)14/h1-4,11H,(H,13,14)/b12-7-. The lowest BCUT2D eigenvalue weighted by atomic mass is 10.3. The maximum absolute atomic E-state index is 10.3. The number of nitrogens with zero attached hydrogens (tertiary/aromatic N) is 1. The van der Waals surface area contributed by atoms with Gasteiger partial charge in [-0.3, -0.25) is 5.43 Å². The van der Waals surface area contributed by atoms with Gasteiger partial charge < -0.3 is 5.11 Å². The molecule has 0 aliphatic heterocycles. The minimum atomic E-state index is -1.29. The van der Waals surface area contributed by atoms with Crippen molar-refractivity contribution in [2.75, 3.05) is 5.43 Å². The van der Waals surface area contributed by atoms with Gasteiger partial charge in [-0.1, -0.05) is 29.3 Å². The zero-order valence-corrected chi connectivity index (χ0v) is 8.38. The summed E-state index contributed by atoms with van der Waals surface area (Å²) >= 11 is 10.9. The maximum atomic E-state index is 10.3. The number of rotatable bonds is 3. The molecule has 0 unspecified atom stereocenters.